The van der Waals surface area contributed by atoms with Crippen molar-refractivity contribution in [3.05, 3.63) is 74.8 Å². The van der Waals surface area contributed by atoms with Crippen molar-refractivity contribution in [2.75, 3.05) is 6.61 Å². The number of halogens is 1. The second-order valence-electron chi connectivity index (χ2n) is 5.94. The van der Waals surface area contributed by atoms with Crippen LogP contribution < -0.4 is 14.8 Å². The number of nitrogens with zero attached hydrogens (tertiary/aromatic N) is 3. The Morgan fingerprint density at radius 1 is 1.19 bits per heavy atom. The molecule has 0 saturated carbocycles. The zero-order valence-electron chi connectivity index (χ0n) is 14.6. The van der Waals surface area contributed by atoms with Crippen LogP contribution >= 0.6 is 11.3 Å². The third-order valence-electron chi connectivity index (χ3n) is 3.96. The van der Waals surface area contributed by atoms with Gasteiger partial charge in [0.25, 0.3) is 5.56 Å². The summed E-state index contributed by atoms with van der Waals surface area (Å²) in [6.45, 7) is 2.72. The molecule has 0 atom stereocenters. The smallest absolute Gasteiger partial charge is 0.291 e. The Morgan fingerprint density at radius 3 is 2.67 bits per heavy atom. The fraction of sp³-hybridized carbons (Fsp3) is 0.150. The zero-order valence-corrected chi connectivity index (χ0v) is 15.4. The number of ether oxygens (including phenoxy) is 1. The van der Waals surface area contributed by atoms with E-state index in [9.17, 15) is 9.18 Å². The molecule has 0 aliphatic heterocycles. The highest BCUT2D eigenvalue weighted by Gasteiger charge is 2.12. The lowest BCUT2D eigenvalue weighted by molar-refractivity contribution is 0.317. The number of hydrogen-bond donors (Lipinski definition) is 0. The highest BCUT2D eigenvalue weighted by Crippen LogP contribution is 2.20. The van der Waals surface area contributed by atoms with Gasteiger partial charge >= 0.3 is 0 Å². The summed E-state index contributed by atoms with van der Waals surface area (Å²) in [5.74, 6) is 0.882. The van der Waals surface area contributed by atoms with Gasteiger partial charge in [0.15, 0.2) is 5.82 Å². The summed E-state index contributed by atoms with van der Waals surface area (Å²) >= 11 is 1.19. The first-order valence-electron chi connectivity index (χ1n) is 8.55. The first-order chi connectivity index (χ1) is 13.2. The zero-order chi connectivity index (χ0) is 18.8. The highest BCUT2D eigenvalue weighted by molar-refractivity contribution is 7.15. The first kappa shape index (κ1) is 17.4. The summed E-state index contributed by atoms with van der Waals surface area (Å²) in [4.78, 5) is 17.5. The molecule has 0 spiro atoms. The topological polar surface area (TPSA) is 56.5 Å². The van der Waals surface area contributed by atoms with E-state index in [1.807, 2.05) is 24.3 Å². The molecule has 0 radical (unpaired) electrons. The van der Waals surface area contributed by atoms with Crippen molar-refractivity contribution < 1.29 is 9.13 Å². The number of aromatic nitrogens is 3. The largest absolute Gasteiger partial charge is 0.494 e. The van der Waals surface area contributed by atoms with E-state index in [-0.39, 0.29) is 11.4 Å². The van der Waals surface area contributed by atoms with Crippen LogP contribution in [0.15, 0.2) is 53.3 Å². The maximum atomic E-state index is 13.8. The van der Waals surface area contributed by atoms with E-state index in [2.05, 4.69) is 17.0 Å². The van der Waals surface area contributed by atoms with Crippen LogP contribution in [0.5, 0.6) is 5.75 Å². The number of rotatable bonds is 5. The molecule has 0 fully saturated rings. The monoisotopic (exact) mass is 381 g/mol. The van der Waals surface area contributed by atoms with Crippen LogP contribution in [-0.2, 0) is 0 Å². The van der Waals surface area contributed by atoms with Crippen LogP contribution in [0.3, 0.4) is 0 Å². The molecule has 27 heavy (non-hydrogen) atoms. The van der Waals surface area contributed by atoms with Crippen LogP contribution in [0.4, 0.5) is 4.39 Å². The van der Waals surface area contributed by atoms with E-state index < -0.39 is 0 Å². The van der Waals surface area contributed by atoms with Crippen molar-refractivity contribution in [3.8, 4) is 17.1 Å². The molecular formula is C20H16FN3O2S. The third-order valence-corrected chi connectivity index (χ3v) is 4.92. The van der Waals surface area contributed by atoms with Crippen LogP contribution in [0.1, 0.15) is 18.9 Å². The Morgan fingerprint density at radius 2 is 1.96 bits per heavy atom. The van der Waals surface area contributed by atoms with Crippen molar-refractivity contribution >= 4 is 22.4 Å². The minimum atomic E-state index is -0.373. The van der Waals surface area contributed by atoms with Crippen molar-refractivity contribution in [2.24, 2.45) is 0 Å². The number of fused-ring (bicyclic) bond motifs is 1. The molecule has 4 rings (SSSR count). The molecule has 0 unspecified atom stereocenters. The van der Waals surface area contributed by atoms with Crippen LogP contribution in [0.2, 0.25) is 0 Å². The molecule has 2 aromatic heterocycles. The van der Waals surface area contributed by atoms with Gasteiger partial charge in [-0.3, -0.25) is 4.79 Å². The molecule has 0 aliphatic carbocycles. The Hall–Kier alpha value is -3.06. The minimum absolute atomic E-state index is 0.306. The molecule has 7 heteroatoms. The number of thiazole rings is 1. The van der Waals surface area contributed by atoms with Crippen molar-refractivity contribution in [1.82, 2.24) is 14.6 Å². The Balaban J connectivity index is 1.69. The molecule has 4 aromatic rings. The number of hydrogen-bond acceptors (Lipinski definition) is 5. The summed E-state index contributed by atoms with van der Waals surface area (Å²) in [7, 11) is 0. The van der Waals surface area contributed by atoms with Gasteiger partial charge in [0, 0.05) is 11.1 Å². The molecule has 5 nitrogen and oxygen atoms in total. The lowest BCUT2D eigenvalue weighted by Gasteiger charge is -2.04. The lowest BCUT2D eigenvalue weighted by Crippen LogP contribution is -2.23. The van der Waals surface area contributed by atoms with Gasteiger partial charge in [-0.2, -0.15) is 9.50 Å². The predicted molar refractivity (Wildman–Crippen MR) is 104 cm³/mol. The molecule has 0 N–H and O–H groups in total. The summed E-state index contributed by atoms with van der Waals surface area (Å²) in [6, 6.07) is 13.8. The quantitative estimate of drug-likeness (QED) is 0.532. The maximum absolute atomic E-state index is 13.8. The molecule has 0 bridgehead atoms. The third kappa shape index (κ3) is 3.46. The molecular weight excluding hydrogens is 365 g/mol. The van der Waals surface area contributed by atoms with Gasteiger partial charge in [0.05, 0.1) is 11.1 Å². The Labute approximate surface area is 158 Å². The van der Waals surface area contributed by atoms with E-state index in [1.54, 1.807) is 18.2 Å². The van der Waals surface area contributed by atoms with E-state index >= 15 is 0 Å². The van der Waals surface area contributed by atoms with Gasteiger partial charge in [0.2, 0.25) is 4.96 Å². The van der Waals surface area contributed by atoms with E-state index in [1.165, 1.54) is 28.0 Å². The highest BCUT2D eigenvalue weighted by atomic mass is 32.1. The molecule has 0 aliphatic rings. The van der Waals surface area contributed by atoms with Crippen molar-refractivity contribution in [1.29, 1.82) is 0 Å². The molecule has 2 aromatic carbocycles. The van der Waals surface area contributed by atoms with Gasteiger partial charge in [-0.25, -0.2) is 4.39 Å². The normalized spacial score (nSPS) is 12.0. The average Bonchev–Trinajstić information content (AvgIpc) is 3.22. The van der Waals surface area contributed by atoms with Gasteiger partial charge < -0.3 is 4.74 Å². The SMILES string of the molecule is CCCOc1ccc(-c2nc3s/c(=C/c4ccccc4F)c(=O)n3n2)cc1. The standard InChI is InChI=1S/C20H16FN3O2S/c1-2-11-26-15-9-7-13(8-10-15)18-22-20-24(23-18)19(25)17(27-20)12-14-5-3-4-6-16(14)21/h3-10,12H,2,11H2,1H3/b17-12+. The fourth-order valence-corrected chi connectivity index (χ4v) is 3.51. The van der Waals surface area contributed by atoms with E-state index in [0.717, 1.165) is 17.7 Å². The van der Waals surface area contributed by atoms with Gasteiger partial charge in [-0.15, -0.1) is 5.10 Å². The average molecular weight is 381 g/mol. The van der Waals surface area contributed by atoms with Crippen LogP contribution in [0.25, 0.3) is 22.4 Å². The van der Waals surface area contributed by atoms with Crippen molar-refractivity contribution in [2.45, 2.75) is 13.3 Å². The Kier molecular flexibility index (Phi) is 4.68. The predicted octanol–water partition coefficient (Wildman–Crippen LogP) is 3.29. The first-order valence-corrected chi connectivity index (χ1v) is 9.36. The summed E-state index contributed by atoms with van der Waals surface area (Å²) in [5, 5.41) is 4.31. The van der Waals surface area contributed by atoms with Gasteiger partial charge in [-0.1, -0.05) is 36.5 Å². The second-order valence-corrected chi connectivity index (χ2v) is 6.95. The molecule has 0 saturated heterocycles. The maximum Gasteiger partial charge on any atom is 0.291 e. The Bertz CT molecular complexity index is 1200. The minimum Gasteiger partial charge on any atom is -0.494 e. The number of benzene rings is 2. The van der Waals surface area contributed by atoms with E-state index in [4.69, 9.17) is 4.74 Å². The van der Waals surface area contributed by atoms with Gasteiger partial charge in [0.1, 0.15) is 11.6 Å². The van der Waals surface area contributed by atoms with Crippen LogP contribution in [0, 0.1) is 5.82 Å². The van der Waals surface area contributed by atoms with Crippen LogP contribution in [-0.4, -0.2) is 21.2 Å². The summed E-state index contributed by atoms with van der Waals surface area (Å²) < 4.78 is 21.0. The molecule has 0 amide bonds. The molecule has 2 heterocycles. The van der Waals surface area contributed by atoms with E-state index in [0.29, 0.717) is 27.5 Å². The van der Waals surface area contributed by atoms with Crippen molar-refractivity contribution in [3.63, 3.8) is 0 Å². The summed E-state index contributed by atoms with van der Waals surface area (Å²) in [6.07, 6.45) is 2.47. The molecule has 136 valence electrons. The second kappa shape index (κ2) is 7.28. The fourth-order valence-electron chi connectivity index (χ4n) is 2.61. The lowest BCUT2D eigenvalue weighted by atomic mass is 10.2. The summed E-state index contributed by atoms with van der Waals surface area (Å²) in [5.41, 5.74) is 0.857. The van der Waals surface area contributed by atoms with Gasteiger partial charge in [-0.05, 0) is 42.8 Å².